The van der Waals surface area contributed by atoms with Crippen LogP contribution in [0.25, 0.3) is 0 Å². The van der Waals surface area contributed by atoms with E-state index in [2.05, 4.69) is 15.5 Å². The largest absolute Gasteiger partial charge is 0.496 e. The van der Waals surface area contributed by atoms with Crippen molar-refractivity contribution in [2.45, 2.75) is 26.3 Å². The Bertz CT molecular complexity index is 581. The van der Waals surface area contributed by atoms with Crippen LogP contribution in [0.3, 0.4) is 0 Å². The van der Waals surface area contributed by atoms with E-state index in [1.165, 1.54) is 0 Å². The van der Waals surface area contributed by atoms with Crippen LogP contribution in [-0.2, 0) is 17.8 Å². The third-order valence-corrected chi connectivity index (χ3v) is 2.80. The van der Waals surface area contributed by atoms with E-state index < -0.39 is 0 Å². The zero-order valence-electron chi connectivity index (χ0n) is 11.5. The number of nitrogens with one attached hydrogen (secondary N) is 1. The van der Waals surface area contributed by atoms with Crippen molar-refractivity contribution in [1.82, 2.24) is 15.5 Å². The van der Waals surface area contributed by atoms with Crippen molar-refractivity contribution in [3.05, 3.63) is 41.6 Å². The maximum Gasteiger partial charge on any atom is 0.220 e. The van der Waals surface area contributed by atoms with Gasteiger partial charge in [0, 0.05) is 31.9 Å². The summed E-state index contributed by atoms with van der Waals surface area (Å²) in [5, 5.41) is 10.4. The standard InChI is InChI=1S/C14H17N3O3/c1-10-16-17-14(20-10)8-7-13(18)15-9-11-5-3-4-6-12(11)19-2/h3-6H,7-9H2,1-2H3,(H,15,18). The highest BCUT2D eigenvalue weighted by Gasteiger charge is 2.08. The number of aromatic nitrogens is 2. The number of carbonyl (C=O) groups is 1. The van der Waals surface area contributed by atoms with Gasteiger partial charge in [-0.2, -0.15) is 0 Å². The fraction of sp³-hybridized carbons (Fsp3) is 0.357. The molecular weight excluding hydrogens is 258 g/mol. The van der Waals surface area contributed by atoms with Crippen LogP contribution in [0.5, 0.6) is 5.75 Å². The summed E-state index contributed by atoms with van der Waals surface area (Å²) >= 11 is 0. The van der Waals surface area contributed by atoms with Crippen LogP contribution in [0.15, 0.2) is 28.7 Å². The summed E-state index contributed by atoms with van der Waals surface area (Å²) in [5.74, 6) is 1.69. The van der Waals surface area contributed by atoms with E-state index in [-0.39, 0.29) is 5.91 Å². The molecule has 1 amide bonds. The van der Waals surface area contributed by atoms with Crippen molar-refractivity contribution in [2.75, 3.05) is 7.11 Å². The molecule has 1 N–H and O–H groups in total. The molecule has 6 heteroatoms. The maximum atomic E-state index is 11.8. The molecule has 20 heavy (non-hydrogen) atoms. The van der Waals surface area contributed by atoms with Gasteiger partial charge in [0.1, 0.15) is 5.75 Å². The van der Waals surface area contributed by atoms with Crippen LogP contribution >= 0.6 is 0 Å². The van der Waals surface area contributed by atoms with E-state index in [0.717, 1.165) is 11.3 Å². The Morgan fingerprint density at radius 3 is 2.85 bits per heavy atom. The second-order valence-corrected chi connectivity index (χ2v) is 4.30. The molecule has 0 atom stereocenters. The molecule has 2 rings (SSSR count). The summed E-state index contributed by atoms with van der Waals surface area (Å²) in [5.41, 5.74) is 0.942. The molecule has 0 unspecified atom stereocenters. The molecular formula is C14H17N3O3. The molecule has 1 aromatic heterocycles. The Balaban J connectivity index is 1.80. The number of carbonyl (C=O) groups excluding carboxylic acids is 1. The van der Waals surface area contributed by atoms with Crippen LogP contribution in [0.4, 0.5) is 0 Å². The number of hydrogen-bond acceptors (Lipinski definition) is 5. The maximum absolute atomic E-state index is 11.8. The van der Waals surface area contributed by atoms with E-state index in [9.17, 15) is 4.79 Å². The zero-order chi connectivity index (χ0) is 14.4. The van der Waals surface area contributed by atoms with Gasteiger partial charge in [-0.3, -0.25) is 4.79 Å². The molecule has 0 aliphatic carbocycles. The summed E-state index contributed by atoms with van der Waals surface area (Å²) in [7, 11) is 1.61. The van der Waals surface area contributed by atoms with Gasteiger partial charge in [-0.25, -0.2) is 0 Å². The first-order valence-electron chi connectivity index (χ1n) is 6.36. The van der Waals surface area contributed by atoms with Crippen molar-refractivity contribution >= 4 is 5.91 Å². The summed E-state index contributed by atoms with van der Waals surface area (Å²) in [6.07, 6.45) is 0.759. The van der Waals surface area contributed by atoms with Crippen LogP contribution in [0, 0.1) is 6.92 Å². The predicted octanol–water partition coefficient (Wildman–Crippen LogP) is 1.64. The Kier molecular flexibility index (Phi) is 4.70. The second kappa shape index (κ2) is 6.70. The minimum absolute atomic E-state index is 0.0632. The zero-order valence-corrected chi connectivity index (χ0v) is 11.5. The van der Waals surface area contributed by atoms with E-state index in [1.54, 1.807) is 14.0 Å². The molecule has 2 aromatic rings. The molecule has 0 saturated heterocycles. The Labute approximate surface area is 117 Å². The highest BCUT2D eigenvalue weighted by Crippen LogP contribution is 2.16. The van der Waals surface area contributed by atoms with E-state index >= 15 is 0 Å². The third-order valence-electron chi connectivity index (χ3n) is 2.80. The summed E-state index contributed by atoms with van der Waals surface area (Å²) in [6.45, 7) is 2.16. The number of para-hydroxylation sites is 1. The molecule has 1 aromatic carbocycles. The average Bonchev–Trinajstić information content (AvgIpc) is 2.89. The molecule has 0 spiro atoms. The van der Waals surface area contributed by atoms with E-state index in [1.807, 2.05) is 24.3 Å². The van der Waals surface area contributed by atoms with Crippen LogP contribution in [0.2, 0.25) is 0 Å². The molecule has 0 bridgehead atoms. The fourth-order valence-corrected chi connectivity index (χ4v) is 1.79. The average molecular weight is 275 g/mol. The van der Waals surface area contributed by atoms with Crippen LogP contribution in [0.1, 0.15) is 23.8 Å². The van der Waals surface area contributed by atoms with Crippen molar-refractivity contribution in [3.8, 4) is 5.75 Å². The second-order valence-electron chi connectivity index (χ2n) is 4.30. The van der Waals surface area contributed by atoms with Gasteiger partial charge in [-0.15, -0.1) is 10.2 Å². The molecule has 106 valence electrons. The molecule has 0 aliphatic heterocycles. The highest BCUT2D eigenvalue weighted by molar-refractivity contribution is 5.76. The monoisotopic (exact) mass is 275 g/mol. The smallest absolute Gasteiger partial charge is 0.220 e. The summed E-state index contributed by atoms with van der Waals surface area (Å²) in [4.78, 5) is 11.8. The highest BCUT2D eigenvalue weighted by atomic mass is 16.5. The number of aryl methyl sites for hydroxylation is 2. The molecule has 0 radical (unpaired) electrons. The molecule has 0 fully saturated rings. The van der Waals surface area contributed by atoms with Crippen molar-refractivity contribution in [1.29, 1.82) is 0 Å². The lowest BCUT2D eigenvalue weighted by atomic mass is 10.2. The SMILES string of the molecule is COc1ccccc1CNC(=O)CCc1nnc(C)o1. The number of hydrogen-bond donors (Lipinski definition) is 1. The van der Waals surface area contributed by atoms with Gasteiger partial charge in [-0.05, 0) is 6.07 Å². The van der Waals surface area contributed by atoms with Crippen molar-refractivity contribution in [3.63, 3.8) is 0 Å². The van der Waals surface area contributed by atoms with Gasteiger partial charge >= 0.3 is 0 Å². The first kappa shape index (κ1) is 14.0. The number of rotatable bonds is 6. The van der Waals surface area contributed by atoms with Crippen molar-refractivity contribution < 1.29 is 13.9 Å². The van der Waals surface area contributed by atoms with Crippen LogP contribution in [-0.4, -0.2) is 23.2 Å². The number of methoxy groups -OCH3 is 1. The lowest BCUT2D eigenvalue weighted by molar-refractivity contribution is -0.121. The Hall–Kier alpha value is -2.37. The summed E-state index contributed by atoms with van der Waals surface area (Å²) < 4.78 is 10.4. The van der Waals surface area contributed by atoms with Crippen molar-refractivity contribution in [2.24, 2.45) is 0 Å². The molecule has 6 nitrogen and oxygen atoms in total. The predicted molar refractivity (Wildman–Crippen MR) is 72.2 cm³/mol. The van der Waals surface area contributed by atoms with E-state index in [4.69, 9.17) is 9.15 Å². The Morgan fingerprint density at radius 2 is 2.15 bits per heavy atom. The topological polar surface area (TPSA) is 77.2 Å². The number of benzene rings is 1. The minimum atomic E-state index is -0.0632. The first-order chi connectivity index (χ1) is 9.69. The summed E-state index contributed by atoms with van der Waals surface area (Å²) in [6, 6.07) is 7.58. The number of nitrogens with zero attached hydrogens (tertiary/aromatic N) is 2. The minimum Gasteiger partial charge on any atom is -0.496 e. The number of amides is 1. The lowest BCUT2D eigenvalue weighted by Gasteiger charge is -2.09. The van der Waals surface area contributed by atoms with Gasteiger partial charge in [0.2, 0.25) is 17.7 Å². The quantitative estimate of drug-likeness (QED) is 0.867. The third kappa shape index (κ3) is 3.81. The van der Waals surface area contributed by atoms with Crippen LogP contribution < -0.4 is 10.1 Å². The molecule has 0 saturated carbocycles. The molecule has 0 aliphatic rings. The van der Waals surface area contributed by atoms with Gasteiger partial charge in [-0.1, -0.05) is 18.2 Å². The number of ether oxygens (including phenoxy) is 1. The van der Waals surface area contributed by atoms with Gasteiger partial charge in [0.15, 0.2) is 0 Å². The lowest BCUT2D eigenvalue weighted by Crippen LogP contribution is -2.23. The van der Waals surface area contributed by atoms with Gasteiger partial charge in [0.05, 0.1) is 7.11 Å². The van der Waals surface area contributed by atoms with Gasteiger partial charge < -0.3 is 14.5 Å². The molecule has 1 heterocycles. The van der Waals surface area contributed by atoms with Gasteiger partial charge in [0.25, 0.3) is 0 Å². The first-order valence-corrected chi connectivity index (χ1v) is 6.36. The van der Waals surface area contributed by atoms with E-state index in [0.29, 0.717) is 31.2 Å². The normalized spacial score (nSPS) is 10.3. The fourth-order valence-electron chi connectivity index (χ4n) is 1.79. The Morgan fingerprint density at radius 1 is 1.35 bits per heavy atom.